The summed E-state index contributed by atoms with van der Waals surface area (Å²) in [5.41, 5.74) is 4.86. The minimum absolute atomic E-state index is 0.555. The van der Waals surface area contributed by atoms with Crippen LogP contribution in [0.4, 0.5) is 11.6 Å². The highest BCUT2D eigenvalue weighted by molar-refractivity contribution is 14.1. The first-order valence-corrected chi connectivity index (χ1v) is 14.1. The van der Waals surface area contributed by atoms with E-state index in [0.29, 0.717) is 19.2 Å². The number of hydrogen-bond acceptors (Lipinski definition) is 6. The van der Waals surface area contributed by atoms with Crippen LogP contribution in [-0.4, -0.2) is 56.8 Å². The zero-order valence-corrected chi connectivity index (χ0v) is 22.8. The zero-order valence-electron chi connectivity index (χ0n) is 20.6. The minimum Gasteiger partial charge on any atom is -0.493 e. The molecular formula is C28H32IN5O2. The predicted molar refractivity (Wildman–Crippen MR) is 153 cm³/mol. The molecule has 7 nitrogen and oxygen atoms in total. The van der Waals surface area contributed by atoms with Gasteiger partial charge in [-0.2, -0.15) is 4.98 Å². The Hall–Kier alpha value is -2.85. The fourth-order valence-corrected chi connectivity index (χ4v) is 4.76. The number of anilines is 2. The van der Waals surface area contributed by atoms with Crippen LogP contribution in [-0.2, 0) is 0 Å². The van der Waals surface area contributed by atoms with E-state index in [1.54, 1.807) is 0 Å². The van der Waals surface area contributed by atoms with Crippen molar-refractivity contribution in [2.24, 2.45) is 0 Å². The maximum atomic E-state index is 5.95. The van der Waals surface area contributed by atoms with Crippen LogP contribution in [0.15, 0.2) is 60.7 Å². The molecule has 0 amide bonds. The molecule has 0 unspecified atom stereocenters. The van der Waals surface area contributed by atoms with Crippen LogP contribution >= 0.6 is 22.6 Å². The molecule has 8 heteroatoms. The second-order valence-corrected chi connectivity index (χ2v) is 10.1. The number of halogens is 1. The molecule has 2 aromatic carbocycles. The first kappa shape index (κ1) is 24.8. The van der Waals surface area contributed by atoms with Crippen molar-refractivity contribution in [2.75, 3.05) is 42.6 Å². The SMILES string of the molecule is Cc1cc(-c2cccc3nc(Nc4ccc(OCCN5CCCCC5)cc4)nn23)ccc1OCCI. The van der Waals surface area contributed by atoms with Crippen molar-refractivity contribution in [3.8, 4) is 22.8 Å². The molecule has 3 heterocycles. The van der Waals surface area contributed by atoms with Crippen LogP contribution < -0.4 is 14.8 Å². The predicted octanol–water partition coefficient (Wildman–Crippen LogP) is 6.13. The largest absolute Gasteiger partial charge is 0.493 e. The van der Waals surface area contributed by atoms with Gasteiger partial charge in [0.05, 0.1) is 12.3 Å². The minimum atomic E-state index is 0.555. The van der Waals surface area contributed by atoms with Crippen LogP contribution in [0.2, 0.25) is 0 Å². The van der Waals surface area contributed by atoms with E-state index < -0.39 is 0 Å². The van der Waals surface area contributed by atoms with Gasteiger partial charge in [-0.15, -0.1) is 5.10 Å². The quantitative estimate of drug-likeness (QED) is 0.176. The number of hydrogen-bond donors (Lipinski definition) is 1. The fourth-order valence-electron chi connectivity index (χ4n) is 4.54. The van der Waals surface area contributed by atoms with Crippen LogP contribution in [0.1, 0.15) is 24.8 Å². The molecule has 0 spiro atoms. The third-order valence-corrected chi connectivity index (χ3v) is 6.84. The second kappa shape index (κ2) is 11.9. The number of aryl methyl sites for hydroxylation is 1. The number of rotatable bonds is 10. The average Bonchev–Trinajstić information content (AvgIpc) is 3.32. The van der Waals surface area contributed by atoms with Gasteiger partial charge in [-0.1, -0.05) is 35.1 Å². The molecule has 1 aliphatic heterocycles. The summed E-state index contributed by atoms with van der Waals surface area (Å²) in [7, 11) is 0. The van der Waals surface area contributed by atoms with Gasteiger partial charge in [0.15, 0.2) is 5.65 Å². The van der Waals surface area contributed by atoms with E-state index in [-0.39, 0.29) is 0 Å². The van der Waals surface area contributed by atoms with Crippen LogP contribution in [0, 0.1) is 6.92 Å². The van der Waals surface area contributed by atoms with E-state index >= 15 is 0 Å². The average molecular weight is 598 g/mol. The molecule has 36 heavy (non-hydrogen) atoms. The van der Waals surface area contributed by atoms with E-state index in [2.05, 4.69) is 62.9 Å². The molecule has 4 aromatic rings. The zero-order chi connectivity index (χ0) is 24.7. The van der Waals surface area contributed by atoms with E-state index in [1.807, 2.05) is 47.0 Å². The van der Waals surface area contributed by atoms with Gasteiger partial charge in [0, 0.05) is 22.2 Å². The lowest BCUT2D eigenvalue weighted by molar-refractivity contribution is 0.183. The van der Waals surface area contributed by atoms with Gasteiger partial charge in [-0.25, -0.2) is 4.52 Å². The van der Waals surface area contributed by atoms with Gasteiger partial charge in [0.1, 0.15) is 18.1 Å². The molecule has 1 saturated heterocycles. The number of nitrogens with zero attached hydrogens (tertiary/aromatic N) is 4. The molecule has 0 atom stereocenters. The Bertz CT molecular complexity index is 1290. The fraction of sp³-hybridized carbons (Fsp3) is 0.357. The maximum Gasteiger partial charge on any atom is 0.247 e. The lowest BCUT2D eigenvalue weighted by Crippen LogP contribution is -2.33. The van der Waals surface area contributed by atoms with E-state index in [4.69, 9.17) is 14.6 Å². The van der Waals surface area contributed by atoms with Gasteiger partial charge in [0.25, 0.3) is 0 Å². The first-order chi connectivity index (χ1) is 17.7. The molecule has 0 bridgehead atoms. The lowest BCUT2D eigenvalue weighted by atomic mass is 10.1. The smallest absolute Gasteiger partial charge is 0.247 e. The number of pyridine rings is 1. The number of alkyl halides is 1. The summed E-state index contributed by atoms with van der Waals surface area (Å²) in [5, 5.41) is 8.06. The summed E-state index contributed by atoms with van der Waals surface area (Å²) in [6, 6.07) is 20.2. The summed E-state index contributed by atoms with van der Waals surface area (Å²) < 4.78 is 14.6. The van der Waals surface area contributed by atoms with E-state index in [0.717, 1.165) is 50.6 Å². The molecule has 2 aromatic heterocycles. The van der Waals surface area contributed by atoms with Crippen molar-refractivity contribution in [3.05, 3.63) is 66.2 Å². The van der Waals surface area contributed by atoms with Crippen LogP contribution in [0.5, 0.6) is 11.5 Å². The highest BCUT2D eigenvalue weighted by atomic mass is 127. The van der Waals surface area contributed by atoms with Crippen molar-refractivity contribution in [1.29, 1.82) is 0 Å². The third kappa shape index (κ3) is 6.10. The number of nitrogens with one attached hydrogen (secondary N) is 1. The van der Waals surface area contributed by atoms with Crippen molar-refractivity contribution in [2.45, 2.75) is 26.2 Å². The third-order valence-electron chi connectivity index (χ3n) is 6.40. The summed E-state index contributed by atoms with van der Waals surface area (Å²) in [4.78, 5) is 7.16. The molecular weight excluding hydrogens is 565 g/mol. The Morgan fingerprint density at radius 1 is 0.944 bits per heavy atom. The standard InChI is InChI=1S/C28H32IN5O2/c1-21-20-22(8-13-26(21)36-18-14-29)25-6-5-7-27-31-28(32-34(25)27)30-23-9-11-24(12-10-23)35-19-17-33-15-3-2-4-16-33/h5-13,20H,2-4,14-19H2,1H3,(H,30,32). The lowest BCUT2D eigenvalue weighted by Gasteiger charge is -2.26. The van der Waals surface area contributed by atoms with Crippen molar-refractivity contribution < 1.29 is 9.47 Å². The number of fused-ring (bicyclic) bond motifs is 1. The van der Waals surface area contributed by atoms with E-state index in [9.17, 15) is 0 Å². The topological polar surface area (TPSA) is 63.9 Å². The van der Waals surface area contributed by atoms with Crippen molar-refractivity contribution in [1.82, 2.24) is 19.5 Å². The van der Waals surface area contributed by atoms with Gasteiger partial charge >= 0.3 is 0 Å². The summed E-state index contributed by atoms with van der Waals surface area (Å²) >= 11 is 2.32. The van der Waals surface area contributed by atoms with E-state index in [1.165, 1.54) is 32.4 Å². The Morgan fingerprint density at radius 2 is 1.78 bits per heavy atom. The van der Waals surface area contributed by atoms with Crippen molar-refractivity contribution >= 4 is 39.9 Å². The Kier molecular flexibility index (Phi) is 8.22. The Balaban J connectivity index is 1.25. The molecule has 0 aliphatic carbocycles. The van der Waals surface area contributed by atoms with Gasteiger partial charge < -0.3 is 14.8 Å². The maximum absolute atomic E-state index is 5.95. The van der Waals surface area contributed by atoms with Crippen LogP contribution in [0.3, 0.4) is 0 Å². The number of likely N-dealkylation sites (tertiary alicyclic amines) is 1. The first-order valence-electron chi connectivity index (χ1n) is 12.6. The number of piperidine rings is 1. The Labute approximate surface area is 226 Å². The number of benzene rings is 2. The number of ether oxygens (including phenoxy) is 2. The molecule has 188 valence electrons. The molecule has 0 saturated carbocycles. The highest BCUT2D eigenvalue weighted by Crippen LogP contribution is 2.27. The normalized spacial score (nSPS) is 14.2. The number of aromatic nitrogens is 3. The molecule has 5 rings (SSSR count). The summed E-state index contributed by atoms with van der Waals surface area (Å²) in [6.07, 6.45) is 3.96. The molecule has 1 fully saturated rings. The van der Waals surface area contributed by atoms with Crippen LogP contribution in [0.25, 0.3) is 16.9 Å². The van der Waals surface area contributed by atoms with Crippen molar-refractivity contribution in [3.63, 3.8) is 0 Å². The summed E-state index contributed by atoms with van der Waals surface area (Å²) in [6.45, 7) is 6.87. The monoisotopic (exact) mass is 597 g/mol. The summed E-state index contributed by atoms with van der Waals surface area (Å²) in [5.74, 6) is 2.35. The molecule has 1 aliphatic rings. The van der Waals surface area contributed by atoms with Gasteiger partial charge in [-0.05, 0) is 93.0 Å². The molecule has 0 radical (unpaired) electrons. The highest BCUT2D eigenvalue weighted by Gasteiger charge is 2.12. The molecule has 1 N–H and O–H groups in total. The second-order valence-electron chi connectivity index (χ2n) is 9.03. The van der Waals surface area contributed by atoms with Gasteiger partial charge in [0.2, 0.25) is 5.95 Å². The Morgan fingerprint density at radius 3 is 2.56 bits per heavy atom. The van der Waals surface area contributed by atoms with Gasteiger partial charge in [-0.3, -0.25) is 4.90 Å².